The van der Waals surface area contributed by atoms with E-state index in [4.69, 9.17) is 30.4 Å². The monoisotopic (exact) mass is 594 g/mol. The van der Waals surface area contributed by atoms with E-state index in [0.29, 0.717) is 51.8 Å². The number of allylic oxidation sites excluding steroid dienone is 1. The first-order valence-corrected chi connectivity index (χ1v) is 12.0. The quantitative estimate of drug-likeness (QED) is 0.0476. The number of rotatable bonds is 14. The molecule has 0 aliphatic heterocycles. The summed E-state index contributed by atoms with van der Waals surface area (Å²) in [7, 11) is 5.87. The van der Waals surface area contributed by atoms with Crippen molar-refractivity contribution in [2.75, 3.05) is 40.3 Å². The van der Waals surface area contributed by atoms with Crippen LogP contribution in [0, 0.1) is 10.1 Å². The fourth-order valence-electron chi connectivity index (χ4n) is 3.66. The molecule has 15 heteroatoms. The number of carbonyl (C=O) groups excluding carboxylic acids is 2. The Bertz CT molecular complexity index is 1280. The normalized spacial score (nSPS) is 12.0. The molecule has 0 saturated heterocycles. The van der Waals surface area contributed by atoms with Crippen LogP contribution in [0.15, 0.2) is 40.9 Å². The standard InChI is InChI=1S/C26H34N6O8.ClH/c1-15(23(33)17-13-21(38-3)24(40-5)22(14-17)39-4)11-16-8-9-20(37-2)19(12-16)30-25(34)18(27)7-6-10-29-26(28)31-32(35)36;/h8-9,11-14,18H,6-7,10,27H2,1-5H3,(H,30,34)(H3,28,29,31);1H/b15-11+;/t18-;/m0./s1. The van der Waals surface area contributed by atoms with Crippen LogP contribution in [0.4, 0.5) is 5.69 Å². The zero-order valence-electron chi connectivity index (χ0n) is 23.4. The smallest absolute Gasteiger partial charge is 0.251 e. The van der Waals surface area contributed by atoms with Crippen LogP contribution in [0.2, 0.25) is 0 Å². The van der Waals surface area contributed by atoms with E-state index in [1.54, 1.807) is 48.8 Å². The van der Waals surface area contributed by atoms with Crippen LogP contribution in [0.25, 0.3) is 6.08 Å². The van der Waals surface area contributed by atoms with Crippen molar-refractivity contribution in [3.63, 3.8) is 0 Å². The Morgan fingerprint density at radius 3 is 2.20 bits per heavy atom. The molecule has 0 aliphatic carbocycles. The maximum absolute atomic E-state index is 13.2. The summed E-state index contributed by atoms with van der Waals surface area (Å²) in [6, 6.07) is 7.31. The minimum atomic E-state index is -0.882. The minimum absolute atomic E-state index is 0. The Morgan fingerprint density at radius 1 is 1.05 bits per heavy atom. The predicted molar refractivity (Wildman–Crippen MR) is 157 cm³/mol. The van der Waals surface area contributed by atoms with Crippen LogP contribution in [-0.2, 0) is 4.79 Å². The number of nitrogens with one attached hydrogen (secondary N) is 2. The molecular weight excluding hydrogens is 560 g/mol. The van der Waals surface area contributed by atoms with E-state index in [9.17, 15) is 19.7 Å². The number of hydrogen-bond donors (Lipinski definition) is 4. The lowest BCUT2D eigenvalue weighted by atomic mass is 10.0. The van der Waals surface area contributed by atoms with Crippen molar-refractivity contribution in [2.24, 2.45) is 16.5 Å². The van der Waals surface area contributed by atoms with Gasteiger partial charge in [0, 0.05) is 12.1 Å². The van der Waals surface area contributed by atoms with Crippen LogP contribution in [0.5, 0.6) is 23.0 Å². The third kappa shape index (κ3) is 9.85. The molecule has 2 rings (SSSR count). The van der Waals surface area contributed by atoms with Gasteiger partial charge >= 0.3 is 0 Å². The number of nitrogens with zero attached hydrogens (tertiary/aromatic N) is 2. The number of nitrogens with two attached hydrogens (primary N) is 2. The number of carbonyl (C=O) groups is 2. The van der Waals surface area contributed by atoms with Crippen LogP contribution >= 0.6 is 12.4 Å². The highest BCUT2D eigenvalue weighted by molar-refractivity contribution is 6.11. The molecule has 0 spiro atoms. The van der Waals surface area contributed by atoms with Gasteiger partial charge in [-0.15, -0.1) is 12.4 Å². The lowest BCUT2D eigenvalue weighted by molar-refractivity contribution is -0.525. The van der Waals surface area contributed by atoms with E-state index in [2.05, 4.69) is 10.3 Å². The molecular formula is C26H35ClN6O8. The van der Waals surface area contributed by atoms with Crippen LogP contribution in [-0.4, -0.2) is 63.7 Å². The summed E-state index contributed by atoms with van der Waals surface area (Å²) < 4.78 is 21.4. The fourth-order valence-corrected chi connectivity index (χ4v) is 3.66. The van der Waals surface area contributed by atoms with Gasteiger partial charge in [-0.1, -0.05) is 11.5 Å². The second-order valence-electron chi connectivity index (χ2n) is 8.40. The molecule has 6 N–H and O–H groups in total. The number of nitro groups is 1. The molecule has 2 aromatic rings. The predicted octanol–water partition coefficient (Wildman–Crippen LogP) is 2.57. The summed E-state index contributed by atoms with van der Waals surface area (Å²) in [5.41, 5.74) is 14.8. The average molecular weight is 595 g/mol. The number of hydrazine groups is 1. The highest BCUT2D eigenvalue weighted by Crippen LogP contribution is 2.38. The summed E-state index contributed by atoms with van der Waals surface area (Å²) >= 11 is 0. The molecule has 0 heterocycles. The Hall–Kier alpha value is -4.56. The SMILES string of the molecule is COc1ccc(/C=C(\C)C(=O)c2cc(OC)c(OC)c(OC)c2)cc1NC(=O)[C@@H](N)CCCN=C(N)N[N+](=O)[O-].Cl. The second-order valence-corrected chi connectivity index (χ2v) is 8.40. The third-order valence-electron chi connectivity index (χ3n) is 5.65. The zero-order valence-corrected chi connectivity index (χ0v) is 24.2. The van der Waals surface area contributed by atoms with E-state index < -0.39 is 17.0 Å². The van der Waals surface area contributed by atoms with Gasteiger partial charge in [0.15, 0.2) is 22.3 Å². The van der Waals surface area contributed by atoms with Gasteiger partial charge < -0.3 is 35.7 Å². The van der Waals surface area contributed by atoms with E-state index in [-0.39, 0.29) is 37.1 Å². The molecule has 224 valence electrons. The molecule has 0 bridgehead atoms. The number of halogens is 1. The van der Waals surface area contributed by atoms with E-state index in [1.165, 1.54) is 28.4 Å². The van der Waals surface area contributed by atoms with Gasteiger partial charge in [0.1, 0.15) is 5.75 Å². The van der Waals surface area contributed by atoms with Crippen molar-refractivity contribution < 1.29 is 33.6 Å². The number of guanidine groups is 1. The number of benzene rings is 2. The maximum atomic E-state index is 13.2. The van der Waals surface area contributed by atoms with Gasteiger partial charge in [-0.05, 0) is 61.2 Å². The summed E-state index contributed by atoms with van der Waals surface area (Å²) in [6.07, 6.45) is 2.30. The van der Waals surface area contributed by atoms with Gasteiger partial charge in [-0.25, -0.2) is 15.1 Å². The lowest BCUT2D eigenvalue weighted by Crippen LogP contribution is -2.37. The number of hydrogen-bond acceptors (Lipinski definition) is 10. The first kappa shape index (κ1) is 34.5. The number of amides is 1. The summed E-state index contributed by atoms with van der Waals surface area (Å²) in [5, 5.41) is 12.3. The first-order chi connectivity index (χ1) is 19.0. The van der Waals surface area contributed by atoms with Gasteiger partial charge in [-0.3, -0.25) is 9.59 Å². The number of aliphatic imine (C=N–C) groups is 1. The van der Waals surface area contributed by atoms with Crippen molar-refractivity contribution in [3.8, 4) is 23.0 Å². The minimum Gasteiger partial charge on any atom is -0.495 e. The van der Waals surface area contributed by atoms with Crippen molar-refractivity contribution in [1.82, 2.24) is 5.43 Å². The van der Waals surface area contributed by atoms with E-state index >= 15 is 0 Å². The molecule has 0 aliphatic rings. The number of anilines is 1. The summed E-state index contributed by atoms with van der Waals surface area (Å²) in [6.45, 7) is 1.82. The molecule has 0 aromatic heterocycles. The van der Waals surface area contributed by atoms with Gasteiger partial charge in [0.05, 0.1) is 40.2 Å². The maximum Gasteiger partial charge on any atom is 0.251 e. The number of Topliss-reactive ketones (excluding diaryl/α,β-unsaturated/α-hetero) is 1. The van der Waals surface area contributed by atoms with Crippen molar-refractivity contribution in [2.45, 2.75) is 25.8 Å². The number of ketones is 1. The summed E-state index contributed by atoms with van der Waals surface area (Å²) in [4.78, 5) is 40.0. The Balaban J connectivity index is 0.00000840. The molecule has 0 fully saturated rings. The highest BCUT2D eigenvalue weighted by Gasteiger charge is 2.19. The molecule has 41 heavy (non-hydrogen) atoms. The Kier molecular flexibility index (Phi) is 13.9. The van der Waals surface area contributed by atoms with E-state index in [0.717, 1.165) is 0 Å². The second kappa shape index (κ2) is 16.5. The lowest BCUT2D eigenvalue weighted by Gasteiger charge is -2.15. The summed E-state index contributed by atoms with van der Waals surface area (Å²) in [5.74, 6) is 0.413. The van der Waals surface area contributed by atoms with Crippen LogP contribution in [0.3, 0.4) is 0 Å². The third-order valence-corrected chi connectivity index (χ3v) is 5.65. The highest BCUT2D eigenvalue weighted by atomic mass is 35.5. The number of methoxy groups -OCH3 is 4. The molecule has 1 atom stereocenters. The van der Waals surface area contributed by atoms with E-state index in [1.807, 2.05) is 0 Å². The topological polar surface area (TPSA) is 203 Å². The van der Waals surface area contributed by atoms with Crippen molar-refractivity contribution in [3.05, 3.63) is 57.1 Å². The first-order valence-electron chi connectivity index (χ1n) is 12.0. The molecule has 0 saturated carbocycles. The van der Waals surface area contributed by atoms with Crippen molar-refractivity contribution >= 4 is 41.8 Å². The van der Waals surface area contributed by atoms with Crippen LogP contribution < -0.4 is 41.2 Å². The zero-order chi connectivity index (χ0) is 29.8. The Morgan fingerprint density at radius 2 is 1.66 bits per heavy atom. The average Bonchev–Trinajstić information content (AvgIpc) is 2.93. The Labute approximate surface area is 243 Å². The molecule has 2 aromatic carbocycles. The molecule has 0 unspecified atom stereocenters. The molecule has 14 nitrogen and oxygen atoms in total. The molecule has 0 radical (unpaired) electrons. The van der Waals surface area contributed by atoms with Gasteiger partial charge in [0.25, 0.3) is 5.96 Å². The fraction of sp³-hybridized carbons (Fsp3) is 0.346. The largest absolute Gasteiger partial charge is 0.495 e. The van der Waals surface area contributed by atoms with Crippen LogP contribution in [0.1, 0.15) is 35.7 Å². The number of ether oxygens (including phenoxy) is 4. The van der Waals surface area contributed by atoms with Gasteiger partial charge in [-0.2, -0.15) is 0 Å². The van der Waals surface area contributed by atoms with Gasteiger partial charge in [0.2, 0.25) is 11.7 Å². The molecule has 1 amide bonds. The van der Waals surface area contributed by atoms with Crippen molar-refractivity contribution in [1.29, 1.82) is 0 Å².